The summed E-state index contributed by atoms with van der Waals surface area (Å²) >= 11 is 0. The first-order valence-electron chi connectivity index (χ1n) is 14.2. The molecule has 0 amide bonds. The van der Waals surface area contributed by atoms with Gasteiger partial charge in [0.25, 0.3) is 5.69 Å². The lowest BCUT2D eigenvalue weighted by Crippen LogP contribution is -2.49. The van der Waals surface area contributed by atoms with Gasteiger partial charge in [0.05, 0.1) is 33.6 Å². The molecule has 0 spiro atoms. The van der Waals surface area contributed by atoms with Crippen LogP contribution in [-0.4, -0.2) is 32.9 Å². The minimum atomic E-state index is -0.643. The average molecular weight is 568 g/mol. The molecule has 210 valence electrons. The van der Waals surface area contributed by atoms with Crippen molar-refractivity contribution in [1.82, 2.24) is 9.97 Å². The molecule has 43 heavy (non-hydrogen) atoms. The van der Waals surface area contributed by atoms with E-state index in [1.807, 2.05) is 62.4 Å². The number of hydrogen-bond donors (Lipinski definition) is 0. The summed E-state index contributed by atoms with van der Waals surface area (Å²) in [5, 5.41) is 13.6. The van der Waals surface area contributed by atoms with Crippen LogP contribution in [-0.2, 0) is 0 Å². The summed E-state index contributed by atoms with van der Waals surface area (Å²) in [6.07, 6.45) is 0. The lowest BCUT2D eigenvalue weighted by atomic mass is 9.69. The van der Waals surface area contributed by atoms with Gasteiger partial charge < -0.3 is 9.47 Å². The van der Waals surface area contributed by atoms with Gasteiger partial charge in [0.2, 0.25) is 0 Å². The van der Waals surface area contributed by atoms with Crippen molar-refractivity contribution in [2.75, 3.05) is 6.61 Å². The van der Waals surface area contributed by atoms with Gasteiger partial charge in [-0.25, -0.2) is 9.97 Å². The molecule has 1 aromatic heterocycles. The van der Waals surface area contributed by atoms with Crippen LogP contribution in [0, 0.1) is 16.0 Å². The van der Waals surface area contributed by atoms with E-state index < -0.39 is 5.60 Å². The van der Waals surface area contributed by atoms with Crippen molar-refractivity contribution in [1.29, 1.82) is 0 Å². The number of rotatable bonds is 3. The average Bonchev–Trinajstić information content (AvgIpc) is 3.03. The van der Waals surface area contributed by atoms with E-state index in [4.69, 9.17) is 19.4 Å². The highest BCUT2D eigenvalue weighted by Gasteiger charge is 2.50. The molecule has 0 unspecified atom stereocenters. The topological polar surface area (TPSA) is 104 Å². The van der Waals surface area contributed by atoms with Crippen LogP contribution in [0.5, 0.6) is 11.5 Å². The van der Waals surface area contributed by atoms with Crippen LogP contribution in [0.1, 0.15) is 46.8 Å². The van der Waals surface area contributed by atoms with Gasteiger partial charge in [-0.15, -0.1) is 0 Å². The molecule has 0 saturated carbocycles. The Bertz CT molecular complexity index is 2160. The number of hydrogen-bond acceptors (Lipinski definition) is 7. The molecule has 0 aliphatic carbocycles. The van der Waals surface area contributed by atoms with Crippen molar-refractivity contribution < 1.29 is 19.2 Å². The maximum atomic E-state index is 13.3. The number of non-ortho nitro benzene ring substituents is 1. The van der Waals surface area contributed by atoms with Crippen molar-refractivity contribution in [2.24, 2.45) is 5.92 Å². The van der Waals surface area contributed by atoms with Crippen molar-refractivity contribution in [3.63, 3.8) is 0 Å². The van der Waals surface area contributed by atoms with Crippen molar-refractivity contribution >= 4 is 44.3 Å². The number of nitro benzene ring substituents is 1. The van der Waals surface area contributed by atoms with Gasteiger partial charge in [-0.1, -0.05) is 54.6 Å². The third-order valence-corrected chi connectivity index (χ3v) is 8.82. The molecule has 8 rings (SSSR count). The van der Waals surface area contributed by atoms with E-state index in [0.29, 0.717) is 51.3 Å². The normalized spacial score (nSPS) is 18.3. The SMILES string of the molecule is CC1(C)Oc2c(c3nc4cc(C(=O)c5ccccc5)ccc4nc3c3ccccc23)[C@@H]2c3cc([N+](=O)[O-])ccc3OC[C@@H]21. The lowest BCUT2D eigenvalue weighted by Gasteiger charge is -2.47. The second kappa shape index (κ2) is 9.06. The Morgan fingerprint density at radius 2 is 1.60 bits per heavy atom. The summed E-state index contributed by atoms with van der Waals surface area (Å²) in [5.74, 6) is 0.763. The zero-order chi connectivity index (χ0) is 29.5. The molecule has 0 radical (unpaired) electrons. The number of ether oxygens (including phenoxy) is 2. The Labute approximate surface area is 246 Å². The number of nitrogens with zero attached hydrogens (tertiary/aromatic N) is 3. The van der Waals surface area contributed by atoms with Crippen LogP contribution < -0.4 is 9.47 Å². The van der Waals surface area contributed by atoms with Crippen LogP contribution in [0.15, 0.2) is 91.0 Å². The van der Waals surface area contributed by atoms with Crippen molar-refractivity contribution in [3.8, 4) is 11.5 Å². The fourth-order valence-electron chi connectivity index (χ4n) is 6.68. The van der Waals surface area contributed by atoms with Gasteiger partial charge in [0, 0.05) is 57.0 Å². The van der Waals surface area contributed by atoms with Crippen LogP contribution in [0.2, 0.25) is 0 Å². The van der Waals surface area contributed by atoms with E-state index in [2.05, 4.69) is 0 Å². The Morgan fingerprint density at radius 3 is 2.40 bits per heavy atom. The maximum absolute atomic E-state index is 13.3. The summed E-state index contributed by atoms with van der Waals surface area (Å²) in [6.45, 7) is 4.45. The van der Waals surface area contributed by atoms with E-state index in [0.717, 1.165) is 21.9 Å². The predicted octanol–water partition coefficient (Wildman–Crippen LogP) is 7.39. The zero-order valence-corrected chi connectivity index (χ0v) is 23.4. The fraction of sp³-hybridized carbons (Fsp3) is 0.171. The van der Waals surface area contributed by atoms with E-state index in [9.17, 15) is 14.9 Å². The number of carbonyl (C=O) groups excluding carboxylic acids is 1. The Morgan fingerprint density at radius 1 is 0.860 bits per heavy atom. The molecule has 3 heterocycles. The van der Waals surface area contributed by atoms with Crippen LogP contribution in [0.3, 0.4) is 0 Å². The van der Waals surface area contributed by atoms with Crippen molar-refractivity contribution in [2.45, 2.75) is 25.4 Å². The predicted molar refractivity (Wildman–Crippen MR) is 163 cm³/mol. The number of fused-ring (bicyclic) bond motifs is 11. The second-order valence-corrected chi connectivity index (χ2v) is 11.7. The largest absolute Gasteiger partial charge is 0.493 e. The standard InChI is InChI=1S/C35H25N3O5/c1-35(2)25-18-42-28-15-13-21(38(40)41)17-24(28)29(25)30-32-31(22-10-6-7-11-23(22)34(30)43-35)36-26-14-12-20(16-27(26)37-32)33(39)19-8-4-3-5-9-19/h3-17,25,29H,18H2,1-2H3/t25-,29+/m0/s1. The monoisotopic (exact) mass is 567 g/mol. The third kappa shape index (κ3) is 3.79. The zero-order valence-electron chi connectivity index (χ0n) is 23.4. The first-order chi connectivity index (χ1) is 20.8. The van der Waals surface area contributed by atoms with Crippen molar-refractivity contribution in [3.05, 3.63) is 123 Å². The number of aromatic nitrogens is 2. The Hall–Kier alpha value is -5.37. The lowest BCUT2D eigenvalue weighted by molar-refractivity contribution is -0.385. The van der Waals surface area contributed by atoms with Gasteiger partial charge in [0.15, 0.2) is 5.78 Å². The molecule has 8 heteroatoms. The molecule has 2 aliphatic rings. The molecule has 0 bridgehead atoms. The second-order valence-electron chi connectivity index (χ2n) is 11.7. The quantitative estimate of drug-likeness (QED) is 0.0722. The number of carbonyl (C=O) groups is 1. The summed E-state index contributed by atoms with van der Waals surface area (Å²) in [7, 11) is 0. The van der Waals surface area contributed by atoms with Gasteiger partial charge in [0.1, 0.15) is 17.1 Å². The van der Waals surface area contributed by atoms with Gasteiger partial charge in [-0.3, -0.25) is 14.9 Å². The van der Waals surface area contributed by atoms with Gasteiger partial charge in [-0.2, -0.15) is 0 Å². The Kier molecular flexibility index (Phi) is 5.34. The van der Waals surface area contributed by atoms with Crippen LogP contribution >= 0.6 is 0 Å². The van der Waals surface area contributed by atoms with E-state index in [1.165, 1.54) is 6.07 Å². The molecule has 6 aromatic rings. The van der Waals surface area contributed by atoms with Crippen LogP contribution in [0.25, 0.3) is 32.8 Å². The van der Waals surface area contributed by atoms with Crippen LogP contribution in [0.4, 0.5) is 5.69 Å². The minimum Gasteiger partial charge on any atom is -0.493 e. The smallest absolute Gasteiger partial charge is 0.269 e. The van der Waals surface area contributed by atoms with Gasteiger partial charge >= 0.3 is 0 Å². The van der Waals surface area contributed by atoms with E-state index in [-0.39, 0.29) is 28.2 Å². The maximum Gasteiger partial charge on any atom is 0.269 e. The molecular weight excluding hydrogens is 542 g/mol. The highest BCUT2D eigenvalue weighted by atomic mass is 16.6. The molecule has 5 aromatic carbocycles. The molecular formula is C35H25N3O5. The summed E-state index contributed by atoms with van der Waals surface area (Å²) < 4.78 is 13.0. The molecule has 8 nitrogen and oxygen atoms in total. The summed E-state index contributed by atoms with van der Waals surface area (Å²) in [6, 6.07) is 27.3. The Balaban J connectivity index is 1.45. The number of nitro groups is 1. The molecule has 0 N–H and O–H groups in total. The fourth-order valence-corrected chi connectivity index (χ4v) is 6.68. The summed E-state index contributed by atoms with van der Waals surface area (Å²) in [5.41, 5.74) is 4.64. The minimum absolute atomic E-state index is 0.000423. The first kappa shape index (κ1) is 25.3. The highest BCUT2D eigenvalue weighted by Crippen LogP contribution is 2.56. The third-order valence-electron chi connectivity index (χ3n) is 8.82. The molecule has 2 aliphatic heterocycles. The van der Waals surface area contributed by atoms with E-state index in [1.54, 1.807) is 36.4 Å². The van der Waals surface area contributed by atoms with E-state index >= 15 is 0 Å². The van der Waals surface area contributed by atoms with Gasteiger partial charge in [-0.05, 0) is 38.1 Å². The molecule has 0 saturated heterocycles. The first-order valence-corrected chi connectivity index (χ1v) is 14.2. The summed E-state index contributed by atoms with van der Waals surface area (Å²) in [4.78, 5) is 35.0. The number of benzene rings is 5. The highest BCUT2D eigenvalue weighted by molar-refractivity contribution is 6.13. The number of ketones is 1. The molecule has 0 fully saturated rings. The molecule has 2 atom stereocenters.